The van der Waals surface area contributed by atoms with Crippen LogP contribution in [-0.4, -0.2) is 47.6 Å². The third-order valence-corrected chi connectivity index (χ3v) is 5.49. The molecule has 2 aliphatic rings. The molecule has 17 heavy (non-hydrogen) atoms. The Morgan fingerprint density at radius 2 is 2.24 bits per heavy atom. The Balaban J connectivity index is 1.62. The van der Waals surface area contributed by atoms with Gasteiger partial charge in [0.2, 0.25) is 0 Å². The third-order valence-electron chi connectivity index (χ3n) is 4.12. The van der Waals surface area contributed by atoms with E-state index in [1.165, 1.54) is 64.0 Å². The highest BCUT2D eigenvalue weighted by molar-refractivity contribution is 8.00. The number of thioether (sulfide) groups is 1. The highest BCUT2D eigenvalue weighted by Gasteiger charge is 2.23. The molecule has 1 atom stereocenters. The predicted octanol–water partition coefficient (Wildman–Crippen LogP) is 2.74. The summed E-state index contributed by atoms with van der Waals surface area (Å²) in [5.74, 6) is 1.31. The van der Waals surface area contributed by atoms with E-state index in [-0.39, 0.29) is 0 Å². The van der Waals surface area contributed by atoms with Crippen molar-refractivity contribution >= 4 is 11.8 Å². The summed E-state index contributed by atoms with van der Waals surface area (Å²) in [6.07, 6.45) is 6.90. The lowest BCUT2D eigenvalue weighted by Gasteiger charge is -2.23. The highest BCUT2D eigenvalue weighted by atomic mass is 32.2. The van der Waals surface area contributed by atoms with Gasteiger partial charge in [0, 0.05) is 23.1 Å². The second-order valence-corrected chi connectivity index (χ2v) is 7.94. The Labute approximate surface area is 111 Å². The Hall–Kier alpha value is 0.270. The van der Waals surface area contributed by atoms with Gasteiger partial charge in [-0.1, -0.05) is 13.8 Å². The fourth-order valence-corrected chi connectivity index (χ4v) is 3.99. The van der Waals surface area contributed by atoms with Crippen LogP contribution in [0.5, 0.6) is 0 Å². The largest absolute Gasteiger partial charge is 0.314 e. The molecule has 2 saturated heterocycles. The van der Waals surface area contributed by atoms with Gasteiger partial charge in [-0.05, 0) is 51.7 Å². The first-order chi connectivity index (χ1) is 8.16. The molecule has 1 unspecified atom stereocenters. The molecule has 2 nitrogen and oxygen atoms in total. The molecule has 2 rings (SSSR count). The van der Waals surface area contributed by atoms with Crippen LogP contribution in [0.3, 0.4) is 0 Å². The van der Waals surface area contributed by atoms with E-state index in [2.05, 4.69) is 35.8 Å². The summed E-state index contributed by atoms with van der Waals surface area (Å²) in [5.41, 5.74) is 0. The topological polar surface area (TPSA) is 15.3 Å². The maximum absolute atomic E-state index is 3.60. The second-order valence-electron chi connectivity index (χ2n) is 6.14. The summed E-state index contributed by atoms with van der Waals surface area (Å²) in [7, 11) is 0. The van der Waals surface area contributed by atoms with Gasteiger partial charge in [0.15, 0.2) is 0 Å². The van der Waals surface area contributed by atoms with Gasteiger partial charge in [-0.3, -0.25) is 0 Å². The van der Waals surface area contributed by atoms with Gasteiger partial charge in [-0.25, -0.2) is 0 Å². The molecule has 2 fully saturated rings. The van der Waals surface area contributed by atoms with Crippen molar-refractivity contribution in [1.29, 1.82) is 0 Å². The molecule has 2 heterocycles. The highest BCUT2D eigenvalue weighted by Crippen LogP contribution is 2.30. The van der Waals surface area contributed by atoms with Crippen LogP contribution < -0.4 is 5.32 Å². The SMILES string of the molecule is CC1(C)CCN(CCCC2CCCN2)CCS1. The summed E-state index contributed by atoms with van der Waals surface area (Å²) in [4.78, 5) is 2.68. The zero-order valence-corrected chi connectivity index (χ0v) is 12.3. The van der Waals surface area contributed by atoms with Crippen molar-refractivity contribution in [2.24, 2.45) is 0 Å². The molecular weight excluding hydrogens is 228 g/mol. The van der Waals surface area contributed by atoms with Gasteiger partial charge >= 0.3 is 0 Å². The second kappa shape index (κ2) is 6.44. The van der Waals surface area contributed by atoms with Gasteiger partial charge in [-0.2, -0.15) is 11.8 Å². The van der Waals surface area contributed by atoms with E-state index >= 15 is 0 Å². The Bertz CT molecular complexity index is 224. The number of nitrogens with zero attached hydrogens (tertiary/aromatic N) is 1. The van der Waals surface area contributed by atoms with E-state index in [9.17, 15) is 0 Å². The maximum atomic E-state index is 3.60. The molecule has 0 aromatic carbocycles. The van der Waals surface area contributed by atoms with Crippen molar-refractivity contribution in [3.05, 3.63) is 0 Å². The van der Waals surface area contributed by atoms with Crippen LogP contribution in [0, 0.1) is 0 Å². The van der Waals surface area contributed by atoms with E-state index in [0.717, 1.165) is 6.04 Å². The van der Waals surface area contributed by atoms with Crippen molar-refractivity contribution in [3.63, 3.8) is 0 Å². The van der Waals surface area contributed by atoms with Crippen molar-refractivity contribution in [2.75, 3.05) is 31.9 Å². The third kappa shape index (κ3) is 4.80. The number of hydrogen-bond donors (Lipinski definition) is 1. The lowest BCUT2D eigenvalue weighted by atomic mass is 10.1. The molecule has 0 saturated carbocycles. The van der Waals surface area contributed by atoms with Gasteiger partial charge < -0.3 is 10.2 Å². The van der Waals surface area contributed by atoms with E-state index in [4.69, 9.17) is 0 Å². The molecule has 0 bridgehead atoms. The van der Waals surface area contributed by atoms with E-state index < -0.39 is 0 Å². The average Bonchev–Trinajstić information content (AvgIpc) is 2.72. The fraction of sp³-hybridized carbons (Fsp3) is 1.00. The van der Waals surface area contributed by atoms with Gasteiger partial charge in [0.25, 0.3) is 0 Å². The van der Waals surface area contributed by atoms with Gasteiger partial charge in [0.05, 0.1) is 0 Å². The summed E-state index contributed by atoms with van der Waals surface area (Å²) in [6, 6.07) is 0.827. The quantitative estimate of drug-likeness (QED) is 0.832. The van der Waals surface area contributed by atoms with Gasteiger partial charge in [0.1, 0.15) is 0 Å². The minimum atomic E-state index is 0.502. The van der Waals surface area contributed by atoms with Crippen LogP contribution in [0.4, 0.5) is 0 Å². The molecule has 1 N–H and O–H groups in total. The Kier molecular flexibility index (Phi) is 5.19. The molecule has 3 heteroatoms. The normalized spacial score (nSPS) is 30.4. The van der Waals surface area contributed by atoms with Crippen LogP contribution in [0.1, 0.15) is 46.0 Å². The molecule has 0 aliphatic carbocycles. The first-order valence-electron chi connectivity index (χ1n) is 7.25. The fourth-order valence-electron chi connectivity index (χ4n) is 2.85. The van der Waals surface area contributed by atoms with Crippen molar-refractivity contribution < 1.29 is 0 Å². The lowest BCUT2D eigenvalue weighted by Crippen LogP contribution is -2.30. The molecule has 0 radical (unpaired) electrons. The Morgan fingerprint density at radius 1 is 1.35 bits per heavy atom. The van der Waals surface area contributed by atoms with Crippen LogP contribution in [0.2, 0.25) is 0 Å². The number of nitrogens with one attached hydrogen (secondary N) is 1. The van der Waals surface area contributed by atoms with Crippen molar-refractivity contribution in [1.82, 2.24) is 10.2 Å². The van der Waals surface area contributed by atoms with E-state index in [0.29, 0.717) is 4.75 Å². The van der Waals surface area contributed by atoms with E-state index in [1.807, 2.05) is 0 Å². The molecule has 0 spiro atoms. The molecular formula is C14H28N2S. The van der Waals surface area contributed by atoms with Crippen molar-refractivity contribution in [2.45, 2.75) is 56.7 Å². The average molecular weight is 256 g/mol. The monoisotopic (exact) mass is 256 g/mol. The van der Waals surface area contributed by atoms with Crippen LogP contribution in [0.15, 0.2) is 0 Å². The zero-order chi connectivity index (χ0) is 12.1. The predicted molar refractivity (Wildman–Crippen MR) is 77.9 cm³/mol. The Morgan fingerprint density at radius 3 is 3.00 bits per heavy atom. The summed E-state index contributed by atoms with van der Waals surface area (Å²) >= 11 is 2.15. The first-order valence-corrected chi connectivity index (χ1v) is 8.24. The van der Waals surface area contributed by atoms with E-state index in [1.54, 1.807) is 0 Å². The number of rotatable bonds is 4. The molecule has 0 aromatic rings. The maximum Gasteiger partial charge on any atom is 0.0116 e. The lowest BCUT2D eigenvalue weighted by molar-refractivity contribution is 0.274. The number of hydrogen-bond acceptors (Lipinski definition) is 3. The summed E-state index contributed by atoms with van der Waals surface area (Å²) in [6.45, 7) is 9.95. The summed E-state index contributed by atoms with van der Waals surface area (Å²) < 4.78 is 0.502. The van der Waals surface area contributed by atoms with Crippen LogP contribution in [0.25, 0.3) is 0 Å². The zero-order valence-electron chi connectivity index (χ0n) is 11.5. The minimum absolute atomic E-state index is 0.502. The standard InChI is InChI=1S/C14H28N2S/c1-14(2)7-10-16(11-12-17-14)9-4-6-13-5-3-8-15-13/h13,15H,3-12H2,1-2H3. The molecule has 100 valence electrons. The molecule has 2 aliphatic heterocycles. The van der Waals surface area contributed by atoms with Crippen molar-refractivity contribution in [3.8, 4) is 0 Å². The van der Waals surface area contributed by atoms with Crippen LogP contribution in [-0.2, 0) is 0 Å². The minimum Gasteiger partial charge on any atom is -0.314 e. The van der Waals surface area contributed by atoms with Crippen LogP contribution >= 0.6 is 11.8 Å². The summed E-state index contributed by atoms with van der Waals surface area (Å²) in [5, 5.41) is 3.60. The molecule has 0 amide bonds. The first kappa shape index (κ1) is 13.7. The smallest absolute Gasteiger partial charge is 0.0116 e. The van der Waals surface area contributed by atoms with Gasteiger partial charge in [-0.15, -0.1) is 0 Å². The molecule has 0 aromatic heterocycles.